The lowest BCUT2D eigenvalue weighted by Crippen LogP contribution is -2.27. The molecule has 1 aliphatic carbocycles. The Labute approximate surface area is 108 Å². The van der Waals surface area contributed by atoms with Gasteiger partial charge in [-0.1, -0.05) is 6.08 Å². The highest BCUT2D eigenvalue weighted by molar-refractivity contribution is 6.40. The van der Waals surface area contributed by atoms with E-state index >= 15 is 0 Å². The zero-order chi connectivity index (χ0) is 12.9. The molecule has 2 aliphatic rings. The van der Waals surface area contributed by atoms with E-state index in [9.17, 15) is 13.6 Å². The molecule has 2 rings (SSSR count). The second-order valence-electron chi connectivity index (χ2n) is 3.30. The minimum absolute atomic E-state index is 0.194. The molecule has 3 nitrogen and oxygen atoms in total. The first-order chi connectivity index (χ1) is 8.00. The van der Waals surface area contributed by atoms with Crippen LogP contribution in [0.4, 0.5) is 13.6 Å². The lowest BCUT2D eigenvalue weighted by atomic mass is 10.1. The molecule has 17 heavy (non-hydrogen) atoms. The van der Waals surface area contributed by atoms with Gasteiger partial charge in [0.1, 0.15) is 6.61 Å². The summed E-state index contributed by atoms with van der Waals surface area (Å²) in [5.41, 5.74) is 0.226. The number of cyclic esters (lactones) is 1. The largest absolute Gasteiger partial charge is 0.447 e. The maximum Gasteiger partial charge on any atom is 0.414 e. The first kappa shape index (κ1) is 14.3. The van der Waals surface area contributed by atoms with Crippen molar-refractivity contribution in [1.82, 2.24) is 4.90 Å². The van der Waals surface area contributed by atoms with Gasteiger partial charge in [0.2, 0.25) is 0 Å². The van der Waals surface area contributed by atoms with E-state index in [1.165, 1.54) is 17.1 Å². The summed E-state index contributed by atoms with van der Waals surface area (Å²) in [6.45, 7) is 0.598. The van der Waals surface area contributed by atoms with Gasteiger partial charge in [0, 0.05) is 18.2 Å². The molecule has 0 unspecified atom stereocenters. The number of amides is 1. The van der Waals surface area contributed by atoms with Gasteiger partial charge in [-0.15, -0.1) is 23.2 Å². The molecular weight excluding hydrogens is 275 g/mol. The van der Waals surface area contributed by atoms with Crippen LogP contribution in [0, 0.1) is 0 Å². The fourth-order valence-corrected chi connectivity index (χ4v) is 1.46. The van der Waals surface area contributed by atoms with Gasteiger partial charge in [-0.2, -0.15) is 0 Å². The van der Waals surface area contributed by atoms with Crippen LogP contribution in [-0.2, 0) is 4.74 Å². The number of hydrogen-bond acceptors (Lipinski definition) is 2. The predicted octanol–water partition coefficient (Wildman–Crippen LogP) is 3.34. The van der Waals surface area contributed by atoms with E-state index in [0.29, 0.717) is 6.54 Å². The fourth-order valence-electron chi connectivity index (χ4n) is 1.46. The molecule has 1 fully saturated rings. The monoisotopic (exact) mass is 285 g/mol. The van der Waals surface area contributed by atoms with Crippen LogP contribution in [0.5, 0.6) is 0 Å². The molecular formula is C10H11Cl2F2NO2. The maximum atomic E-state index is 12.9. The van der Waals surface area contributed by atoms with Crippen molar-refractivity contribution in [2.24, 2.45) is 0 Å². The van der Waals surface area contributed by atoms with E-state index in [4.69, 9.17) is 23.2 Å². The Morgan fingerprint density at radius 1 is 1.47 bits per heavy atom. The molecule has 0 bridgehead atoms. The molecule has 96 valence electrons. The number of carbonyl (C=O) groups is 1. The van der Waals surface area contributed by atoms with Crippen LogP contribution in [0.1, 0.15) is 6.42 Å². The second kappa shape index (κ2) is 6.21. The maximum absolute atomic E-state index is 12.9. The van der Waals surface area contributed by atoms with Crippen LogP contribution < -0.4 is 0 Å². The van der Waals surface area contributed by atoms with Crippen LogP contribution in [0.25, 0.3) is 0 Å². The van der Waals surface area contributed by atoms with Gasteiger partial charge >= 0.3 is 6.09 Å². The summed E-state index contributed by atoms with van der Waals surface area (Å²) in [4.78, 5) is 12.3. The number of rotatable bonds is 1. The van der Waals surface area contributed by atoms with E-state index in [-0.39, 0.29) is 24.1 Å². The van der Waals surface area contributed by atoms with Crippen molar-refractivity contribution in [1.29, 1.82) is 0 Å². The minimum atomic E-state index is -2.85. The summed E-state index contributed by atoms with van der Waals surface area (Å²) >= 11 is 9.53. The van der Waals surface area contributed by atoms with Crippen LogP contribution in [-0.4, -0.2) is 35.4 Å². The van der Waals surface area contributed by atoms with Gasteiger partial charge < -0.3 is 4.74 Å². The summed E-state index contributed by atoms with van der Waals surface area (Å²) in [6, 6.07) is 0. The second-order valence-corrected chi connectivity index (χ2v) is 4.11. The smallest absolute Gasteiger partial charge is 0.414 e. The topological polar surface area (TPSA) is 29.5 Å². The Hall–Kier alpha value is -0.810. The van der Waals surface area contributed by atoms with E-state index in [0.717, 1.165) is 6.08 Å². The SMILES string of the molecule is ClCCl.O=C1OCCN1C1=CC(F)(F)CC=C1. The van der Waals surface area contributed by atoms with Gasteiger partial charge in [-0.25, -0.2) is 13.6 Å². The molecule has 0 spiro atoms. The van der Waals surface area contributed by atoms with E-state index in [2.05, 4.69) is 4.74 Å². The zero-order valence-corrected chi connectivity index (χ0v) is 10.3. The lowest BCUT2D eigenvalue weighted by molar-refractivity contribution is 0.0549. The average molecular weight is 286 g/mol. The third-order valence-electron chi connectivity index (χ3n) is 2.11. The molecule has 0 atom stereocenters. The highest BCUT2D eigenvalue weighted by Gasteiger charge is 2.32. The number of nitrogens with zero attached hydrogens (tertiary/aromatic N) is 1. The molecule has 1 amide bonds. The summed E-state index contributed by atoms with van der Waals surface area (Å²) < 4.78 is 30.5. The number of allylic oxidation sites excluding steroid dienone is 3. The Morgan fingerprint density at radius 2 is 2.12 bits per heavy atom. The quantitative estimate of drug-likeness (QED) is 0.692. The molecule has 7 heteroatoms. The zero-order valence-electron chi connectivity index (χ0n) is 8.84. The predicted molar refractivity (Wildman–Crippen MR) is 61.4 cm³/mol. The number of hydrogen-bond donors (Lipinski definition) is 0. The van der Waals surface area contributed by atoms with Gasteiger partial charge in [0.05, 0.1) is 11.9 Å². The molecule has 1 heterocycles. The van der Waals surface area contributed by atoms with Gasteiger partial charge in [0.15, 0.2) is 0 Å². The van der Waals surface area contributed by atoms with E-state index < -0.39 is 12.0 Å². The van der Waals surface area contributed by atoms with Gasteiger partial charge in [0.25, 0.3) is 5.92 Å². The Balaban J connectivity index is 0.000000437. The summed E-state index contributed by atoms with van der Waals surface area (Å²) in [6.07, 6.45) is 2.82. The van der Waals surface area contributed by atoms with Gasteiger partial charge in [-0.3, -0.25) is 4.90 Å². The van der Waals surface area contributed by atoms with Crippen molar-refractivity contribution in [3.63, 3.8) is 0 Å². The van der Waals surface area contributed by atoms with Crippen LogP contribution in [0.3, 0.4) is 0 Å². The molecule has 1 saturated heterocycles. The van der Waals surface area contributed by atoms with Crippen molar-refractivity contribution in [2.75, 3.05) is 18.5 Å². The van der Waals surface area contributed by atoms with Crippen LogP contribution >= 0.6 is 23.2 Å². The first-order valence-corrected chi connectivity index (χ1v) is 5.90. The molecule has 0 aromatic carbocycles. The van der Waals surface area contributed by atoms with Crippen molar-refractivity contribution in [3.8, 4) is 0 Å². The van der Waals surface area contributed by atoms with E-state index in [1.807, 2.05) is 0 Å². The Morgan fingerprint density at radius 3 is 2.59 bits per heavy atom. The van der Waals surface area contributed by atoms with Crippen molar-refractivity contribution in [3.05, 3.63) is 23.9 Å². The summed E-state index contributed by atoms with van der Waals surface area (Å²) in [7, 11) is 0. The van der Waals surface area contributed by atoms with Crippen LogP contribution in [0.15, 0.2) is 23.9 Å². The molecule has 0 saturated carbocycles. The average Bonchev–Trinajstić information content (AvgIpc) is 2.64. The minimum Gasteiger partial charge on any atom is -0.447 e. The molecule has 1 aliphatic heterocycles. The number of carbonyl (C=O) groups excluding carboxylic acids is 1. The summed E-state index contributed by atoms with van der Waals surface area (Å²) in [5.74, 6) is -2.85. The Bertz CT molecular complexity index is 345. The highest BCUT2D eigenvalue weighted by atomic mass is 35.5. The Kier molecular flexibility index (Phi) is 5.21. The van der Waals surface area contributed by atoms with E-state index in [1.54, 1.807) is 0 Å². The first-order valence-electron chi connectivity index (χ1n) is 4.83. The fraction of sp³-hybridized carbons (Fsp3) is 0.500. The van der Waals surface area contributed by atoms with Crippen molar-refractivity contribution in [2.45, 2.75) is 12.3 Å². The third-order valence-corrected chi connectivity index (χ3v) is 2.11. The summed E-state index contributed by atoms with van der Waals surface area (Å²) in [5, 5.41) is 0.194. The lowest BCUT2D eigenvalue weighted by Gasteiger charge is -2.20. The highest BCUT2D eigenvalue weighted by Crippen LogP contribution is 2.29. The number of alkyl halides is 4. The van der Waals surface area contributed by atoms with Crippen molar-refractivity contribution >= 4 is 29.3 Å². The standard InChI is InChI=1S/C9H9F2NO2.CH2Cl2/c10-9(11)3-1-2-7(6-9)12-4-5-14-8(12)13;2-1-3/h1-2,6H,3-5H2;1H2. The molecule has 0 N–H and O–H groups in total. The molecule has 0 radical (unpaired) electrons. The molecule has 0 aromatic heterocycles. The number of halogens is 4. The van der Waals surface area contributed by atoms with Gasteiger partial charge in [-0.05, 0) is 6.08 Å². The normalized spacial score (nSPS) is 21.5. The molecule has 0 aromatic rings. The van der Waals surface area contributed by atoms with Crippen LogP contribution in [0.2, 0.25) is 0 Å². The van der Waals surface area contributed by atoms with Crippen molar-refractivity contribution < 1.29 is 18.3 Å². The third kappa shape index (κ3) is 4.16. The number of ether oxygens (including phenoxy) is 1.